The maximum Gasteiger partial charge on any atom is 0.337 e. The first-order valence-electron chi connectivity index (χ1n) is 5.44. The zero-order valence-corrected chi connectivity index (χ0v) is 12.7. The number of hydrogen-bond donors (Lipinski definition) is 1. The van der Waals surface area contributed by atoms with E-state index in [9.17, 15) is 9.90 Å². The molecule has 0 saturated heterocycles. The molecule has 3 rings (SSSR count). The third-order valence-electron chi connectivity index (χ3n) is 2.78. The van der Waals surface area contributed by atoms with Crippen molar-refractivity contribution < 1.29 is 9.90 Å². The first-order valence-corrected chi connectivity index (χ1v) is 6.90. The lowest BCUT2D eigenvalue weighted by Crippen LogP contribution is -2.05. The minimum absolute atomic E-state index is 0.142. The Bertz CT molecular complexity index is 833. The highest BCUT2D eigenvalue weighted by Gasteiger charge is 2.17. The number of rotatable bonds is 2. The smallest absolute Gasteiger partial charge is 0.337 e. The first kappa shape index (κ1) is 13.3. The summed E-state index contributed by atoms with van der Waals surface area (Å²) in [6.07, 6.45) is 6.02. The van der Waals surface area contributed by atoms with E-state index in [1.807, 2.05) is 0 Å². The van der Waals surface area contributed by atoms with Crippen molar-refractivity contribution in [3.63, 3.8) is 0 Å². The molecule has 1 N–H and O–H groups in total. The quantitative estimate of drug-likeness (QED) is 0.528. The maximum atomic E-state index is 11.3. The number of fused-ring (bicyclic) bond motifs is 1. The van der Waals surface area contributed by atoms with Gasteiger partial charge < -0.3 is 5.11 Å². The van der Waals surface area contributed by atoms with Gasteiger partial charge in [-0.3, -0.25) is 9.55 Å². The predicted octanol–water partition coefficient (Wildman–Crippen LogP) is 2.77. The lowest BCUT2D eigenvalue weighted by atomic mass is 10.2. The van der Waals surface area contributed by atoms with Crippen molar-refractivity contribution in [2.75, 3.05) is 0 Å². The Morgan fingerprint density at radius 3 is 2.95 bits per heavy atom. The molecule has 8 heteroatoms. The fraction of sp³-hybridized carbons (Fsp3) is 0. The summed E-state index contributed by atoms with van der Waals surface area (Å²) in [4.78, 5) is 23.4. The fourth-order valence-electron chi connectivity index (χ4n) is 1.93. The van der Waals surface area contributed by atoms with Crippen molar-refractivity contribution in [2.24, 2.45) is 0 Å². The molecule has 0 fully saturated rings. The van der Waals surface area contributed by atoms with E-state index < -0.39 is 5.97 Å². The number of carboxylic acid groups (broad SMARTS) is 1. The lowest BCUT2D eigenvalue weighted by molar-refractivity contribution is 0.0697. The molecule has 3 aromatic rings. The Morgan fingerprint density at radius 1 is 1.40 bits per heavy atom. The second-order valence-electron chi connectivity index (χ2n) is 3.91. The van der Waals surface area contributed by atoms with E-state index >= 15 is 0 Å². The van der Waals surface area contributed by atoms with Crippen LogP contribution in [-0.4, -0.2) is 30.6 Å². The molecular formula is C12H6ClIN4O2. The lowest BCUT2D eigenvalue weighted by Gasteiger charge is -2.07. The summed E-state index contributed by atoms with van der Waals surface area (Å²) in [5.74, 6) is -1.03. The van der Waals surface area contributed by atoms with E-state index in [-0.39, 0.29) is 5.56 Å². The van der Waals surface area contributed by atoms with Gasteiger partial charge in [-0.2, -0.15) is 0 Å². The van der Waals surface area contributed by atoms with Gasteiger partial charge in [-0.15, -0.1) is 0 Å². The van der Waals surface area contributed by atoms with Crippen LogP contribution in [0.2, 0.25) is 5.15 Å². The van der Waals surface area contributed by atoms with Gasteiger partial charge >= 0.3 is 5.97 Å². The van der Waals surface area contributed by atoms with Crippen LogP contribution in [0, 0.1) is 3.57 Å². The Balaban J connectivity index is 2.37. The van der Waals surface area contributed by atoms with Crippen LogP contribution in [0.1, 0.15) is 10.4 Å². The zero-order valence-electron chi connectivity index (χ0n) is 9.79. The minimum atomic E-state index is -1.03. The number of carbonyl (C=O) groups is 1. The van der Waals surface area contributed by atoms with Crippen molar-refractivity contribution in [3.05, 3.63) is 45.3 Å². The molecule has 0 atom stereocenters. The maximum absolute atomic E-state index is 11.3. The summed E-state index contributed by atoms with van der Waals surface area (Å²) in [5, 5.41) is 10.3. The van der Waals surface area contributed by atoms with Crippen LogP contribution in [0.25, 0.3) is 16.7 Å². The van der Waals surface area contributed by atoms with Crippen molar-refractivity contribution in [1.82, 2.24) is 19.5 Å². The molecule has 0 unspecified atom stereocenters. The highest BCUT2D eigenvalue weighted by molar-refractivity contribution is 14.1. The van der Waals surface area contributed by atoms with Crippen LogP contribution < -0.4 is 0 Å². The summed E-state index contributed by atoms with van der Waals surface area (Å²) >= 11 is 8.17. The van der Waals surface area contributed by atoms with Gasteiger partial charge in [0.25, 0.3) is 0 Å². The van der Waals surface area contributed by atoms with Gasteiger partial charge in [0.15, 0.2) is 5.65 Å². The largest absolute Gasteiger partial charge is 0.478 e. The zero-order chi connectivity index (χ0) is 14.3. The van der Waals surface area contributed by atoms with Gasteiger partial charge in [0.2, 0.25) is 0 Å². The summed E-state index contributed by atoms with van der Waals surface area (Å²) < 4.78 is 2.49. The predicted molar refractivity (Wildman–Crippen MR) is 81.3 cm³/mol. The van der Waals surface area contributed by atoms with E-state index in [2.05, 4.69) is 37.5 Å². The number of aromatic nitrogens is 4. The molecule has 0 aliphatic heterocycles. The van der Waals surface area contributed by atoms with Crippen molar-refractivity contribution >= 4 is 51.2 Å². The first-order chi connectivity index (χ1) is 9.59. The average Bonchev–Trinajstić information content (AvgIpc) is 2.77. The second-order valence-corrected chi connectivity index (χ2v) is 5.43. The average molecular weight is 401 g/mol. The van der Waals surface area contributed by atoms with Crippen LogP contribution in [0.4, 0.5) is 0 Å². The van der Waals surface area contributed by atoms with Gasteiger partial charge in [0.05, 0.1) is 22.8 Å². The standard InChI is InChI=1S/C12H6ClIN4O2/c13-10-9-7(14)4-18(11(9)17-5-16-10)8-3-15-2-1-6(8)12(19)20/h1-5H,(H,19,20). The van der Waals surface area contributed by atoms with Crippen LogP contribution in [-0.2, 0) is 0 Å². The van der Waals surface area contributed by atoms with Gasteiger partial charge in [-0.05, 0) is 28.7 Å². The van der Waals surface area contributed by atoms with Crippen LogP contribution in [0.15, 0.2) is 31.0 Å². The van der Waals surface area contributed by atoms with Gasteiger partial charge in [-0.25, -0.2) is 14.8 Å². The molecule has 0 amide bonds. The Kier molecular flexibility index (Phi) is 3.30. The molecule has 0 aromatic carbocycles. The van der Waals surface area contributed by atoms with Crippen molar-refractivity contribution in [2.45, 2.75) is 0 Å². The molecule has 20 heavy (non-hydrogen) atoms. The van der Waals surface area contributed by atoms with Crippen LogP contribution in [0.3, 0.4) is 0 Å². The summed E-state index contributed by atoms with van der Waals surface area (Å²) in [7, 11) is 0. The van der Waals surface area contributed by atoms with E-state index in [1.165, 1.54) is 24.8 Å². The summed E-state index contributed by atoms with van der Waals surface area (Å²) in [5.41, 5.74) is 1.12. The van der Waals surface area contributed by atoms with E-state index in [0.29, 0.717) is 21.9 Å². The Hall–Kier alpha value is -1.74. The fourth-order valence-corrected chi connectivity index (χ4v) is 3.09. The molecule has 3 aromatic heterocycles. The normalized spacial score (nSPS) is 10.9. The molecule has 0 spiro atoms. The Morgan fingerprint density at radius 2 is 2.20 bits per heavy atom. The third-order valence-corrected chi connectivity index (χ3v) is 3.88. The molecule has 100 valence electrons. The Labute approximate surface area is 131 Å². The number of hydrogen-bond acceptors (Lipinski definition) is 4. The monoisotopic (exact) mass is 400 g/mol. The molecule has 3 heterocycles. The summed E-state index contributed by atoms with van der Waals surface area (Å²) in [6.45, 7) is 0. The molecule has 0 aliphatic carbocycles. The second kappa shape index (κ2) is 4.98. The van der Waals surface area contributed by atoms with E-state index in [1.54, 1.807) is 10.8 Å². The van der Waals surface area contributed by atoms with Gasteiger partial charge in [0.1, 0.15) is 11.5 Å². The SMILES string of the molecule is O=C(O)c1ccncc1-n1cc(I)c2c(Cl)ncnc21. The van der Waals surface area contributed by atoms with Gasteiger partial charge in [-0.1, -0.05) is 11.6 Å². The number of pyridine rings is 1. The molecule has 0 radical (unpaired) electrons. The molecule has 0 saturated carbocycles. The third kappa shape index (κ3) is 2.02. The van der Waals surface area contributed by atoms with E-state index in [0.717, 1.165) is 3.57 Å². The van der Waals surface area contributed by atoms with Crippen LogP contribution >= 0.6 is 34.2 Å². The molecular weight excluding hydrogens is 395 g/mol. The van der Waals surface area contributed by atoms with Crippen LogP contribution in [0.5, 0.6) is 0 Å². The number of halogens is 2. The summed E-state index contributed by atoms with van der Waals surface area (Å²) in [6, 6.07) is 1.44. The topological polar surface area (TPSA) is 80.9 Å². The molecule has 6 nitrogen and oxygen atoms in total. The number of carboxylic acids is 1. The molecule has 0 aliphatic rings. The van der Waals surface area contributed by atoms with Crippen molar-refractivity contribution in [3.8, 4) is 5.69 Å². The minimum Gasteiger partial charge on any atom is -0.478 e. The van der Waals surface area contributed by atoms with Crippen molar-refractivity contribution in [1.29, 1.82) is 0 Å². The van der Waals surface area contributed by atoms with E-state index in [4.69, 9.17) is 11.6 Å². The molecule has 0 bridgehead atoms. The number of nitrogens with zero attached hydrogens (tertiary/aromatic N) is 4. The number of aromatic carboxylic acids is 1. The van der Waals surface area contributed by atoms with Gasteiger partial charge in [0, 0.05) is 16.0 Å². The highest BCUT2D eigenvalue weighted by atomic mass is 127. The highest BCUT2D eigenvalue weighted by Crippen LogP contribution is 2.29.